The summed E-state index contributed by atoms with van der Waals surface area (Å²) in [5.41, 5.74) is 11.3. The summed E-state index contributed by atoms with van der Waals surface area (Å²) in [6, 6.07) is 4.88. The molecule has 1 saturated heterocycles. The quantitative estimate of drug-likeness (QED) is 0.125. The van der Waals surface area contributed by atoms with Gasteiger partial charge in [0.15, 0.2) is 5.95 Å². The number of imide groups is 1. The SMILES string of the molecule is COCCOc1cc(Oc2cnc(N)[nH]2)cc(OC(NCCCN)C(=O)N(C=O)CN2CCN(C)CC2)c1. The number of hydrogen-bond acceptors (Lipinski definition) is 12. The number of carbonyl (C=O) groups excluding carboxylic acids is 2. The monoisotopic (exact) mass is 534 g/mol. The van der Waals surface area contributed by atoms with Crippen LogP contribution in [0.5, 0.6) is 23.1 Å². The second-order valence-electron chi connectivity index (χ2n) is 8.79. The van der Waals surface area contributed by atoms with Crippen molar-refractivity contribution in [2.45, 2.75) is 12.6 Å². The van der Waals surface area contributed by atoms with Crippen LogP contribution in [0.15, 0.2) is 24.4 Å². The number of methoxy groups -OCH3 is 1. The summed E-state index contributed by atoms with van der Waals surface area (Å²) in [6.45, 7) is 4.89. The second kappa shape index (κ2) is 15.1. The van der Waals surface area contributed by atoms with Crippen LogP contribution in [0.25, 0.3) is 0 Å². The molecule has 0 aliphatic carbocycles. The molecular formula is C24H38N8O6. The van der Waals surface area contributed by atoms with Crippen LogP contribution in [0.3, 0.4) is 0 Å². The lowest BCUT2D eigenvalue weighted by molar-refractivity contribution is -0.148. The van der Waals surface area contributed by atoms with Crippen LogP contribution in [0.2, 0.25) is 0 Å². The number of imidazole rings is 1. The number of piperazine rings is 1. The van der Waals surface area contributed by atoms with Crippen molar-refractivity contribution in [3.63, 3.8) is 0 Å². The minimum Gasteiger partial charge on any atom is -0.491 e. The molecule has 14 heteroatoms. The van der Waals surface area contributed by atoms with Gasteiger partial charge in [-0.3, -0.25) is 29.7 Å². The fourth-order valence-corrected chi connectivity index (χ4v) is 3.66. The standard InChI is InChI=1S/C24H38N8O6/c1-30-6-8-31(9-7-30)16-32(17-33)23(34)22(27-5-3-4-25)38-20-13-18(36-11-10-35-2)12-19(14-20)37-21-15-28-24(26)29-21/h12-15,17,22,27H,3-11,16,25H2,1-2H3,(H3,26,28,29). The number of aromatic nitrogens is 2. The molecule has 210 valence electrons. The number of nitrogen functional groups attached to an aromatic ring is 1. The largest absolute Gasteiger partial charge is 0.491 e. The van der Waals surface area contributed by atoms with E-state index in [2.05, 4.69) is 25.1 Å². The Bertz CT molecular complexity index is 1010. The van der Waals surface area contributed by atoms with Crippen LogP contribution < -0.4 is 31.0 Å². The summed E-state index contributed by atoms with van der Waals surface area (Å²) in [5.74, 6) is 1.07. The van der Waals surface area contributed by atoms with Crippen molar-refractivity contribution in [1.82, 2.24) is 30.0 Å². The number of H-pyrrole nitrogens is 1. The number of hydrogen-bond donors (Lipinski definition) is 4. The van der Waals surface area contributed by atoms with E-state index in [1.54, 1.807) is 25.3 Å². The van der Waals surface area contributed by atoms with E-state index in [1.165, 1.54) is 6.20 Å². The zero-order valence-electron chi connectivity index (χ0n) is 21.9. The molecule has 0 radical (unpaired) electrons. The number of carbonyl (C=O) groups is 2. The minimum atomic E-state index is -1.15. The van der Waals surface area contributed by atoms with Crippen molar-refractivity contribution in [3.05, 3.63) is 24.4 Å². The number of aromatic amines is 1. The Hall–Kier alpha value is -3.43. The van der Waals surface area contributed by atoms with E-state index < -0.39 is 12.1 Å². The molecule has 2 aromatic rings. The van der Waals surface area contributed by atoms with E-state index in [4.69, 9.17) is 30.4 Å². The molecule has 1 aromatic carbocycles. The van der Waals surface area contributed by atoms with Crippen LogP contribution in [-0.2, 0) is 14.3 Å². The molecule has 1 aromatic heterocycles. The van der Waals surface area contributed by atoms with Crippen molar-refractivity contribution >= 4 is 18.3 Å². The number of nitrogens with one attached hydrogen (secondary N) is 2. The molecule has 6 N–H and O–H groups in total. The maximum absolute atomic E-state index is 13.4. The van der Waals surface area contributed by atoms with Gasteiger partial charge in [-0.15, -0.1) is 0 Å². The fourth-order valence-electron chi connectivity index (χ4n) is 3.66. The van der Waals surface area contributed by atoms with Crippen LogP contribution >= 0.6 is 0 Å². The first kappa shape index (κ1) is 29.1. The smallest absolute Gasteiger partial charge is 0.286 e. The number of nitrogens with zero attached hydrogens (tertiary/aromatic N) is 4. The highest BCUT2D eigenvalue weighted by atomic mass is 16.5. The molecular weight excluding hydrogens is 496 g/mol. The normalized spacial score (nSPS) is 15.1. The van der Waals surface area contributed by atoms with E-state index in [0.29, 0.717) is 49.9 Å². The Morgan fingerprint density at radius 1 is 1.21 bits per heavy atom. The van der Waals surface area contributed by atoms with Crippen LogP contribution in [0, 0.1) is 0 Å². The number of ether oxygens (including phenoxy) is 4. The Kier molecular flexibility index (Phi) is 11.6. The number of rotatable bonds is 16. The van der Waals surface area contributed by atoms with E-state index >= 15 is 0 Å². The Morgan fingerprint density at radius 2 is 1.95 bits per heavy atom. The summed E-state index contributed by atoms with van der Waals surface area (Å²) < 4.78 is 22.7. The summed E-state index contributed by atoms with van der Waals surface area (Å²) in [6.07, 6.45) is 1.44. The number of anilines is 1. The zero-order valence-corrected chi connectivity index (χ0v) is 21.9. The molecule has 1 unspecified atom stereocenters. The third-order valence-corrected chi connectivity index (χ3v) is 5.76. The highest BCUT2D eigenvalue weighted by Crippen LogP contribution is 2.31. The van der Waals surface area contributed by atoms with Gasteiger partial charge in [0.05, 0.1) is 19.5 Å². The van der Waals surface area contributed by atoms with E-state index in [0.717, 1.165) is 31.1 Å². The van der Waals surface area contributed by atoms with Gasteiger partial charge in [-0.25, -0.2) is 4.98 Å². The third-order valence-electron chi connectivity index (χ3n) is 5.76. The molecule has 38 heavy (non-hydrogen) atoms. The predicted molar refractivity (Wildman–Crippen MR) is 140 cm³/mol. The van der Waals surface area contributed by atoms with Crippen molar-refractivity contribution in [1.29, 1.82) is 0 Å². The lowest BCUT2D eigenvalue weighted by Crippen LogP contribution is -2.55. The van der Waals surface area contributed by atoms with Crippen LogP contribution in [0.1, 0.15) is 6.42 Å². The maximum atomic E-state index is 13.4. The highest BCUT2D eigenvalue weighted by molar-refractivity contribution is 5.89. The van der Waals surface area contributed by atoms with Crippen LogP contribution in [-0.4, -0.2) is 117 Å². The van der Waals surface area contributed by atoms with E-state index in [-0.39, 0.29) is 25.0 Å². The molecule has 1 aliphatic rings. The van der Waals surface area contributed by atoms with E-state index in [9.17, 15) is 9.59 Å². The van der Waals surface area contributed by atoms with Gasteiger partial charge in [-0.2, -0.15) is 0 Å². The van der Waals surface area contributed by atoms with Crippen molar-refractivity contribution < 1.29 is 28.5 Å². The Labute approximate surface area is 222 Å². The number of likely N-dealkylation sites (N-methyl/N-ethyl adjacent to an activating group) is 1. The summed E-state index contributed by atoms with van der Waals surface area (Å²) in [5, 5.41) is 3.06. The molecule has 2 heterocycles. The number of benzene rings is 1. The zero-order chi connectivity index (χ0) is 27.3. The van der Waals surface area contributed by atoms with Gasteiger partial charge in [0.1, 0.15) is 23.9 Å². The summed E-state index contributed by atoms with van der Waals surface area (Å²) in [7, 11) is 3.61. The van der Waals surface area contributed by atoms with Gasteiger partial charge in [-0.05, 0) is 20.0 Å². The predicted octanol–water partition coefficient (Wildman–Crippen LogP) is -0.357. The fraction of sp³-hybridized carbons (Fsp3) is 0.542. The van der Waals surface area contributed by atoms with Gasteiger partial charge in [0.25, 0.3) is 5.91 Å². The third kappa shape index (κ3) is 9.15. The van der Waals surface area contributed by atoms with Crippen molar-refractivity contribution in [2.75, 3.05) is 79.0 Å². The lowest BCUT2D eigenvalue weighted by Gasteiger charge is -2.35. The molecule has 1 aliphatic heterocycles. The molecule has 3 rings (SSSR count). The second-order valence-corrected chi connectivity index (χ2v) is 8.79. The van der Waals surface area contributed by atoms with E-state index in [1.807, 2.05) is 7.05 Å². The lowest BCUT2D eigenvalue weighted by atomic mass is 10.3. The first-order valence-corrected chi connectivity index (χ1v) is 12.4. The first-order valence-electron chi connectivity index (χ1n) is 12.4. The Morgan fingerprint density at radius 3 is 2.61 bits per heavy atom. The average Bonchev–Trinajstić information content (AvgIpc) is 3.31. The van der Waals surface area contributed by atoms with Gasteiger partial charge >= 0.3 is 0 Å². The van der Waals surface area contributed by atoms with Gasteiger partial charge < -0.3 is 35.3 Å². The average molecular weight is 535 g/mol. The molecule has 1 atom stereocenters. The van der Waals surface area contributed by atoms with Gasteiger partial charge in [0, 0.05) is 58.0 Å². The summed E-state index contributed by atoms with van der Waals surface area (Å²) >= 11 is 0. The maximum Gasteiger partial charge on any atom is 0.286 e. The van der Waals surface area contributed by atoms with Crippen molar-refractivity contribution in [2.24, 2.45) is 5.73 Å². The van der Waals surface area contributed by atoms with Crippen molar-refractivity contribution in [3.8, 4) is 23.1 Å². The molecule has 0 bridgehead atoms. The number of amides is 2. The topological polar surface area (TPSA) is 174 Å². The molecule has 0 saturated carbocycles. The molecule has 2 amide bonds. The Balaban J connectivity index is 1.79. The minimum absolute atomic E-state index is 0.171. The summed E-state index contributed by atoms with van der Waals surface area (Å²) in [4.78, 5) is 37.4. The first-order chi connectivity index (χ1) is 18.4. The van der Waals surface area contributed by atoms with Gasteiger partial charge in [0.2, 0.25) is 18.5 Å². The molecule has 1 fully saturated rings. The molecule has 0 spiro atoms. The molecule has 14 nitrogen and oxygen atoms in total. The number of nitrogens with two attached hydrogens (primary N) is 2. The highest BCUT2D eigenvalue weighted by Gasteiger charge is 2.28. The van der Waals surface area contributed by atoms with Crippen LogP contribution in [0.4, 0.5) is 5.95 Å². The van der Waals surface area contributed by atoms with Gasteiger partial charge in [-0.1, -0.05) is 0 Å².